The van der Waals surface area contributed by atoms with E-state index in [-0.39, 0.29) is 127 Å². The van der Waals surface area contributed by atoms with E-state index in [4.69, 9.17) is 85.4 Å². The molecule has 0 radical (unpaired) electrons. The second-order valence-electron chi connectivity index (χ2n) is 28.5. The first-order valence-corrected chi connectivity index (χ1v) is 39.0. The van der Waals surface area contributed by atoms with Gasteiger partial charge >= 0.3 is 72.0 Å². The third-order valence-corrected chi connectivity index (χ3v) is 18.9. The Morgan fingerprint density at radius 1 is 0.377 bits per heavy atom. The van der Waals surface area contributed by atoms with Gasteiger partial charge < -0.3 is 102 Å². The fourth-order valence-corrected chi connectivity index (χ4v) is 11.9. The van der Waals surface area contributed by atoms with Gasteiger partial charge in [-0.25, -0.2) is 47.9 Å². The van der Waals surface area contributed by atoms with Gasteiger partial charge in [0, 0.05) is 35.1 Å². The van der Waals surface area contributed by atoms with E-state index in [1.807, 2.05) is 26.0 Å². The Morgan fingerprint density at radius 2 is 0.685 bits per heavy atom. The minimum absolute atomic E-state index is 0.0540. The number of unbranched alkanes of at least 4 members (excludes halogenated alkanes) is 5. The molecule has 0 saturated heterocycles. The van der Waals surface area contributed by atoms with E-state index < -0.39 is 123 Å². The van der Waals surface area contributed by atoms with E-state index in [1.54, 1.807) is 48.5 Å². The molecule has 32 nitrogen and oxygen atoms in total. The second-order valence-corrected chi connectivity index (χ2v) is 29.3. The largest absolute Gasteiger partial charge is 0.508 e. The minimum Gasteiger partial charge on any atom is -0.508 e. The third-order valence-electron chi connectivity index (χ3n) is 18.5. The van der Waals surface area contributed by atoms with Crippen molar-refractivity contribution in [2.75, 3.05) is 55.1 Å². The number of hydrogen-bond donors (Lipinski definition) is 12. The number of nitrogen functional groups attached to an aromatic ring is 5. The van der Waals surface area contributed by atoms with Crippen LogP contribution in [0.15, 0.2) is 194 Å². The smallest absolute Gasteiger partial charge is 0.411 e. The van der Waals surface area contributed by atoms with Crippen molar-refractivity contribution in [2.45, 2.75) is 102 Å². The van der Waals surface area contributed by atoms with Gasteiger partial charge in [-0.15, -0.1) is 0 Å². The summed E-state index contributed by atoms with van der Waals surface area (Å²) in [5.41, 5.74) is 21.4. The van der Waals surface area contributed by atoms with Gasteiger partial charge in [-0.05, 0) is 218 Å². The molecule has 2 aliphatic rings. The molecule has 11 rings (SSSR count). The number of carboxylic acids is 2. The number of hydrogen-bond acceptors (Lipinski definition) is 30. The highest BCUT2D eigenvalue weighted by atomic mass is 35.5. The van der Waals surface area contributed by atoms with Crippen molar-refractivity contribution >= 4 is 122 Å². The zero-order valence-corrected chi connectivity index (χ0v) is 70.8. The van der Waals surface area contributed by atoms with Gasteiger partial charge in [0.25, 0.3) is 0 Å². The molecule has 9 aromatic carbocycles. The fraction of sp³-hybridized carbons (Fsp3) is 0.222. The maximum absolute atomic E-state index is 13.8. The van der Waals surface area contributed by atoms with Crippen molar-refractivity contribution in [3.63, 3.8) is 0 Å². The number of phenols is 5. The van der Waals surface area contributed by atoms with Crippen LogP contribution in [-0.4, -0.2) is 145 Å². The number of fused-ring (bicyclic) bond motifs is 2. The highest BCUT2D eigenvalue weighted by Crippen LogP contribution is 2.57. The van der Waals surface area contributed by atoms with Gasteiger partial charge in [-0.3, -0.25) is 9.59 Å². The van der Waals surface area contributed by atoms with Gasteiger partial charge in [0.2, 0.25) is 15.9 Å². The second kappa shape index (κ2) is 46.2. The van der Waals surface area contributed by atoms with Crippen LogP contribution in [0.2, 0.25) is 0 Å². The summed E-state index contributed by atoms with van der Waals surface area (Å²) in [5, 5.41) is 64.8. The van der Waals surface area contributed by atoms with Crippen molar-refractivity contribution in [3.8, 4) is 51.7 Å². The average molecular weight is 1850 g/mol. The normalized spacial score (nSPS) is 11.7. The first kappa shape index (κ1) is 103. The molecule has 130 heavy (non-hydrogen) atoms. The number of nitrogens with two attached hydrogens (primary N) is 5. The SMILES string of the molecule is C=C(C)C(=O)OCCOC(=O)c1ccc(Oc2ccc(C(=O)O)c(C(=O)OCCOC(=O)C(=C)C)c2)cc1C(=O)O.CC(C)(c1ccc(O)c(N)c1)c1ccc(O)c(N)c1.Nc1cc(C(c2ccc(O)c(N)c2)(C(F)(F)F)C(F)(F)F)ccc1O.Nc1ccc(O)cc1.O=C(Cl)CCCCCCCCC(=O)Cl.O=C1OC(=O)c2cc(Oc3ccc4c(c3)C(=O)OC4=O)ccc21. The molecule has 0 spiro atoms. The molecule has 9 aromatic rings. The first-order chi connectivity index (χ1) is 60.9. The number of anilines is 5. The van der Waals surface area contributed by atoms with Gasteiger partial charge in [0.15, 0.2) is 0 Å². The predicted molar refractivity (Wildman–Crippen MR) is 458 cm³/mol. The summed E-state index contributed by atoms with van der Waals surface area (Å²) in [6.45, 7) is 12.5. The summed E-state index contributed by atoms with van der Waals surface area (Å²) < 4.78 is 122. The summed E-state index contributed by atoms with van der Waals surface area (Å²) in [7, 11) is 0. The Labute approximate surface area is 745 Å². The summed E-state index contributed by atoms with van der Waals surface area (Å²) in [5.74, 6) is -9.65. The van der Waals surface area contributed by atoms with E-state index in [0.717, 1.165) is 73.9 Å². The fourth-order valence-electron chi connectivity index (χ4n) is 11.7. The highest BCUT2D eigenvalue weighted by Gasteiger charge is 2.72. The van der Waals surface area contributed by atoms with E-state index in [0.29, 0.717) is 66.3 Å². The lowest BCUT2D eigenvalue weighted by molar-refractivity contribution is -0.288. The number of cyclic esters (lactones) is 4. The molecule has 688 valence electrons. The van der Waals surface area contributed by atoms with Crippen LogP contribution < -0.4 is 38.1 Å². The molecule has 0 unspecified atom stereocenters. The summed E-state index contributed by atoms with van der Waals surface area (Å²) >= 11 is 10.4. The van der Waals surface area contributed by atoms with Crippen LogP contribution in [0, 0.1) is 0 Å². The quantitative estimate of drug-likeness (QED) is 0.00198. The van der Waals surface area contributed by atoms with Crippen molar-refractivity contribution < 1.29 is 158 Å². The zero-order chi connectivity index (χ0) is 97.0. The number of rotatable bonds is 29. The molecule has 0 fully saturated rings. The number of phenolic OH excluding ortho intramolecular Hbond substituents is 5. The molecule has 0 amide bonds. The standard InChI is InChI=1S/C28H26O13.C16H6O7.C15H12F6N2O2.C15H18N2O2.C10H16Cl2O2.C6H7NO/c1-15(2)25(33)37-9-11-39-27(35)20-8-6-17(13-21(20)24(31)32)41-18-5-7-19(23(29)30)22(14-18)28(36)40-12-10-38-26(34)16(3)4;17-13-9-3-1-7(5-11(9)15(19)22-13)21-8-2-4-10-12(6-8)16(20)23-14(10)18;16-14(17,18)13(15(19,20)21,7-1-3-11(24)9(22)5-7)8-2-4-12(25)10(23)6-8;1-15(2,9-3-5-13(18)11(16)7-9)10-4-6-14(19)12(17)8-10;11-9(13)7-5-3-1-2-4-6-8-10(12)14;7-5-1-3-6(8)4-2-5/h5-8,13-14H,1,3,9-12H2,2,4H3,(H,29,30)(H,31,32);1-6H;1-6,24-25H,22-23H2;3-8,18-19H,16-17H2,1-2H3;1-8H2;1-4,8H,7H2. The monoisotopic (exact) mass is 1850 g/mol. The van der Waals surface area contributed by atoms with Crippen LogP contribution in [0.25, 0.3) is 0 Å². The lowest BCUT2D eigenvalue weighted by atomic mass is 9.72. The number of ether oxygens (including phenoxy) is 8. The molecule has 0 aromatic heterocycles. The van der Waals surface area contributed by atoms with Crippen LogP contribution in [0.1, 0.15) is 184 Å². The number of benzene rings is 9. The Hall–Kier alpha value is -15.3. The summed E-state index contributed by atoms with van der Waals surface area (Å²) in [6.07, 6.45) is -4.69. The molecule has 0 bridgehead atoms. The van der Waals surface area contributed by atoms with Crippen molar-refractivity contribution in [1.29, 1.82) is 0 Å². The van der Waals surface area contributed by atoms with E-state index >= 15 is 0 Å². The summed E-state index contributed by atoms with van der Waals surface area (Å²) in [6, 6.07) is 35.1. The van der Waals surface area contributed by atoms with E-state index in [9.17, 15) is 115 Å². The molecular formula is C90H85Cl2F6N5O27. The first-order valence-electron chi connectivity index (χ1n) is 38.2. The molecule has 2 aliphatic heterocycles. The molecule has 0 aliphatic carbocycles. The Bertz CT molecular complexity index is 5550. The molecule has 0 saturated carbocycles. The lowest BCUT2D eigenvalue weighted by Crippen LogP contribution is -2.54. The van der Waals surface area contributed by atoms with Gasteiger partial charge in [-0.2, -0.15) is 26.3 Å². The number of aromatic carboxylic acids is 2. The lowest BCUT2D eigenvalue weighted by Gasteiger charge is -2.38. The number of aromatic hydroxyl groups is 5. The Morgan fingerprint density at radius 3 is 1.02 bits per heavy atom. The molecule has 17 N–H and O–H groups in total. The zero-order valence-electron chi connectivity index (χ0n) is 69.3. The average Bonchev–Trinajstić information content (AvgIpc) is 0.780. The number of carboxylic acid groups (broad SMARTS) is 2. The number of carbonyl (C=O) groups is 12. The maximum atomic E-state index is 13.8. The van der Waals surface area contributed by atoms with Crippen molar-refractivity contribution in [1.82, 2.24) is 0 Å². The van der Waals surface area contributed by atoms with E-state index in [2.05, 4.69) is 22.6 Å². The summed E-state index contributed by atoms with van der Waals surface area (Å²) in [4.78, 5) is 138. The predicted octanol–water partition coefficient (Wildman–Crippen LogP) is 16.4. The third kappa shape index (κ3) is 28.6. The topological polar surface area (TPSA) is 550 Å². The molecule has 40 heteroatoms. The Balaban J connectivity index is 0.000000255. The molecule has 0 atom stereocenters. The van der Waals surface area contributed by atoms with Gasteiger partial charge in [0.05, 0.1) is 67.3 Å². The van der Waals surface area contributed by atoms with Crippen LogP contribution in [0.3, 0.4) is 0 Å². The highest BCUT2D eigenvalue weighted by molar-refractivity contribution is 6.63. The van der Waals surface area contributed by atoms with Crippen LogP contribution in [-0.2, 0) is 58.4 Å². The maximum Gasteiger partial charge on any atom is 0.411 e. The van der Waals surface area contributed by atoms with Crippen molar-refractivity contribution in [3.05, 3.63) is 261 Å². The molecular weight excluding hydrogens is 1770 g/mol. The number of esters is 8. The van der Waals surface area contributed by atoms with E-state index in [1.165, 1.54) is 62.4 Å². The minimum atomic E-state index is -5.82. The van der Waals surface area contributed by atoms with Gasteiger partial charge in [0.1, 0.15) is 78.2 Å². The number of carbonyl (C=O) groups excluding carboxylic acids is 10. The van der Waals surface area contributed by atoms with Crippen molar-refractivity contribution in [2.24, 2.45) is 0 Å². The number of alkyl halides is 6. The molecule has 2 heterocycles. The van der Waals surface area contributed by atoms with Crippen LogP contribution >= 0.6 is 23.2 Å². The van der Waals surface area contributed by atoms with Gasteiger partial charge in [-0.1, -0.05) is 77.0 Å². The Kier molecular flexibility index (Phi) is 36.8. The van der Waals surface area contributed by atoms with Crippen LogP contribution in [0.4, 0.5) is 54.8 Å². The number of halogens is 8. The van der Waals surface area contributed by atoms with Crippen LogP contribution in [0.5, 0.6) is 51.7 Å².